The molecule has 0 unspecified atom stereocenters. The van der Waals surface area contributed by atoms with Gasteiger partial charge < -0.3 is 0 Å². The Morgan fingerprint density at radius 1 is 1.22 bits per heavy atom. The Balaban J connectivity index is 1.79. The first-order valence-electron chi connectivity index (χ1n) is 6.99. The molecular weight excluding hydrogens is 312 g/mol. The van der Waals surface area contributed by atoms with Crippen LogP contribution in [0.25, 0.3) is 16.9 Å². The summed E-state index contributed by atoms with van der Waals surface area (Å²) in [5, 5.41) is 11.0. The number of rotatable bonds is 3. The molecule has 0 N–H and O–H groups in total. The fourth-order valence-corrected chi connectivity index (χ4v) is 2.96. The summed E-state index contributed by atoms with van der Waals surface area (Å²) in [6.07, 6.45) is 1.52. The Labute approximate surface area is 134 Å². The highest BCUT2D eigenvalue weighted by atomic mass is 32.1. The molecule has 114 valence electrons. The minimum Gasteiger partial charge on any atom is -0.291 e. The third kappa shape index (κ3) is 2.42. The maximum absolute atomic E-state index is 12.6. The fraction of sp³-hybridized carbons (Fsp3) is 0.133. The van der Waals surface area contributed by atoms with Crippen molar-refractivity contribution >= 4 is 22.5 Å². The number of para-hydroxylation sites is 1. The van der Waals surface area contributed by atoms with Gasteiger partial charge >= 0.3 is 0 Å². The minimum absolute atomic E-state index is 0.220. The molecule has 23 heavy (non-hydrogen) atoms. The highest BCUT2D eigenvalue weighted by Gasteiger charge is 2.13. The number of nitrogens with zero attached hydrogens (tertiary/aromatic N) is 6. The van der Waals surface area contributed by atoms with Gasteiger partial charge in [-0.05, 0) is 19.1 Å². The van der Waals surface area contributed by atoms with Gasteiger partial charge in [0.05, 0.1) is 22.9 Å². The van der Waals surface area contributed by atoms with Crippen molar-refractivity contribution in [2.45, 2.75) is 13.5 Å². The monoisotopic (exact) mass is 324 g/mol. The number of hydrogen-bond acceptors (Lipinski definition) is 6. The number of aromatic nitrogens is 6. The van der Waals surface area contributed by atoms with Crippen molar-refractivity contribution in [3.63, 3.8) is 0 Å². The summed E-state index contributed by atoms with van der Waals surface area (Å²) >= 11 is 1.56. The second-order valence-corrected chi connectivity index (χ2v) is 6.11. The third-order valence-electron chi connectivity index (χ3n) is 3.43. The number of thiazole rings is 1. The average Bonchev–Trinajstić information content (AvgIpc) is 3.17. The van der Waals surface area contributed by atoms with E-state index in [9.17, 15) is 4.79 Å². The predicted octanol–water partition coefficient (Wildman–Crippen LogP) is 1.79. The summed E-state index contributed by atoms with van der Waals surface area (Å²) < 4.78 is 3.06. The molecule has 4 aromatic rings. The number of benzene rings is 1. The topological polar surface area (TPSA) is 78.5 Å². The molecule has 0 saturated carbocycles. The van der Waals surface area contributed by atoms with Crippen LogP contribution in [0.2, 0.25) is 0 Å². The maximum Gasteiger partial charge on any atom is 0.283 e. The summed E-state index contributed by atoms with van der Waals surface area (Å²) in [6.45, 7) is 2.31. The summed E-state index contributed by atoms with van der Waals surface area (Å²) in [5.74, 6) is 0. The van der Waals surface area contributed by atoms with E-state index in [0.29, 0.717) is 12.2 Å². The summed E-state index contributed by atoms with van der Waals surface area (Å²) in [4.78, 5) is 21.3. The second-order valence-electron chi connectivity index (χ2n) is 5.04. The summed E-state index contributed by atoms with van der Waals surface area (Å²) in [5.41, 5.74) is 2.14. The Hall–Kier alpha value is -2.87. The lowest BCUT2D eigenvalue weighted by Gasteiger charge is -2.03. The molecule has 0 aliphatic carbocycles. The quantitative estimate of drug-likeness (QED) is 0.574. The van der Waals surface area contributed by atoms with Crippen LogP contribution >= 0.6 is 11.3 Å². The fourth-order valence-electron chi connectivity index (χ4n) is 2.36. The molecule has 0 fully saturated rings. The van der Waals surface area contributed by atoms with Crippen molar-refractivity contribution in [1.82, 2.24) is 29.5 Å². The van der Waals surface area contributed by atoms with Gasteiger partial charge in [0.1, 0.15) is 6.33 Å². The molecule has 3 heterocycles. The highest BCUT2D eigenvalue weighted by molar-refractivity contribution is 7.09. The summed E-state index contributed by atoms with van der Waals surface area (Å²) in [7, 11) is 0. The van der Waals surface area contributed by atoms with Crippen LogP contribution in [0.1, 0.15) is 10.7 Å². The molecule has 0 bridgehead atoms. The third-order valence-corrected chi connectivity index (χ3v) is 4.25. The van der Waals surface area contributed by atoms with Crippen LogP contribution in [0.15, 0.2) is 46.8 Å². The van der Waals surface area contributed by atoms with E-state index >= 15 is 0 Å². The van der Waals surface area contributed by atoms with E-state index in [0.717, 1.165) is 16.4 Å². The molecule has 0 spiro atoms. The van der Waals surface area contributed by atoms with Gasteiger partial charge in [-0.2, -0.15) is 4.68 Å². The van der Waals surface area contributed by atoms with E-state index in [4.69, 9.17) is 0 Å². The van der Waals surface area contributed by atoms with Gasteiger partial charge in [0, 0.05) is 5.38 Å². The zero-order chi connectivity index (χ0) is 15.8. The van der Waals surface area contributed by atoms with Crippen LogP contribution in [0, 0.1) is 6.92 Å². The van der Waals surface area contributed by atoms with Crippen LogP contribution in [-0.4, -0.2) is 29.5 Å². The molecule has 0 aliphatic rings. The molecule has 0 amide bonds. The van der Waals surface area contributed by atoms with Crippen molar-refractivity contribution in [3.05, 3.63) is 63.1 Å². The van der Waals surface area contributed by atoms with Crippen LogP contribution in [-0.2, 0) is 6.54 Å². The molecule has 8 heteroatoms. The van der Waals surface area contributed by atoms with Gasteiger partial charge in [0.2, 0.25) is 0 Å². The van der Waals surface area contributed by atoms with Crippen molar-refractivity contribution in [2.24, 2.45) is 0 Å². The van der Waals surface area contributed by atoms with Crippen molar-refractivity contribution in [2.75, 3.05) is 0 Å². The predicted molar refractivity (Wildman–Crippen MR) is 86.9 cm³/mol. The normalized spacial score (nSPS) is 11.2. The van der Waals surface area contributed by atoms with Gasteiger partial charge in [-0.15, -0.1) is 16.4 Å². The van der Waals surface area contributed by atoms with E-state index in [-0.39, 0.29) is 11.1 Å². The van der Waals surface area contributed by atoms with Crippen molar-refractivity contribution < 1.29 is 0 Å². The van der Waals surface area contributed by atoms with Crippen molar-refractivity contribution in [1.29, 1.82) is 0 Å². The SMILES string of the molecule is Cc1nc(Cn2cnc3c(nnn3-c3ccccc3)c2=O)cs1. The Kier molecular flexibility index (Phi) is 3.23. The summed E-state index contributed by atoms with van der Waals surface area (Å²) in [6, 6.07) is 9.49. The largest absolute Gasteiger partial charge is 0.291 e. The lowest BCUT2D eigenvalue weighted by Crippen LogP contribution is -2.21. The molecule has 0 saturated heterocycles. The Bertz CT molecular complexity index is 1030. The number of hydrogen-bond donors (Lipinski definition) is 0. The van der Waals surface area contributed by atoms with Crippen LogP contribution in [0.5, 0.6) is 0 Å². The van der Waals surface area contributed by atoms with Gasteiger partial charge in [-0.1, -0.05) is 23.4 Å². The molecule has 0 radical (unpaired) electrons. The first-order valence-corrected chi connectivity index (χ1v) is 7.87. The Morgan fingerprint density at radius 3 is 2.78 bits per heavy atom. The first-order chi connectivity index (χ1) is 11.2. The average molecular weight is 324 g/mol. The first kappa shape index (κ1) is 13.8. The van der Waals surface area contributed by atoms with Crippen LogP contribution in [0.4, 0.5) is 0 Å². The van der Waals surface area contributed by atoms with Crippen molar-refractivity contribution in [3.8, 4) is 5.69 Å². The smallest absolute Gasteiger partial charge is 0.283 e. The maximum atomic E-state index is 12.6. The minimum atomic E-state index is -0.220. The number of fused-ring (bicyclic) bond motifs is 1. The van der Waals surface area contributed by atoms with Gasteiger partial charge in [-0.25, -0.2) is 9.97 Å². The molecule has 4 rings (SSSR count). The molecule has 3 aromatic heterocycles. The number of aryl methyl sites for hydroxylation is 1. The van der Waals surface area contributed by atoms with Gasteiger partial charge in [-0.3, -0.25) is 9.36 Å². The van der Waals surface area contributed by atoms with E-state index in [1.807, 2.05) is 42.6 Å². The lowest BCUT2D eigenvalue weighted by molar-refractivity contribution is 0.730. The second kappa shape index (κ2) is 5.40. The Morgan fingerprint density at radius 2 is 2.04 bits per heavy atom. The lowest BCUT2D eigenvalue weighted by atomic mass is 10.3. The van der Waals surface area contributed by atoms with E-state index in [1.54, 1.807) is 16.0 Å². The highest BCUT2D eigenvalue weighted by Crippen LogP contribution is 2.12. The van der Waals surface area contributed by atoms with E-state index in [1.165, 1.54) is 10.9 Å². The van der Waals surface area contributed by atoms with Crippen LogP contribution in [0.3, 0.4) is 0 Å². The zero-order valence-electron chi connectivity index (χ0n) is 12.2. The van der Waals surface area contributed by atoms with Gasteiger partial charge in [0.25, 0.3) is 5.56 Å². The van der Waals surface area contributed by atoms with E-state index in [2.05, 4.69) is 20.3 Å². The van der Waals surface area contributed by atoms with Crippen LogP contribution < -0.4 is 5.56 Å². The molecule has 7 nitrogen and oxygen atoms in total. The zero-order valence-corrected chi connectivity index (χ0v) is 13.1. The molecular formula is C15H12N6OS. The van der Waals surface area contributed by atoms with E-state index < -0.39 is 0 Å². The standard InChI is InChI=1S/C15H12N6OS/c1-10-17-11(8-23-10)7-20-9-16-14-13(15(20)22)18-19-21(14)12-5-3-2-4-6-12/h2-6,8-9H,7H2,1H3. The molecule has 0 aliphatic heterocycles. The molecule has 0 atom stereocenters. The molecule has 1 aromatic carbocycles. The van der Waals surface area contributed by atoms with Gasteiger partial charge in [0.15, 0.2) is 11.2 Å².